The minimum atomic E-state index is -0.984. The summed E-state index contributed by atoms with van der Waals surface area (Å²) >= 11 is 6.22. The summed E-state index contributed by atoms with van der Waals surface area (Å²) < 4.78 is 1.83. The van der Waals surface area contributed by atoms with Crippen molar-refractivity contribution in [2.24, 2.45) is 0 Å². The van der Waals surface area contributed by atoms with Gasteiger partial charge < -0.3 is 5.11 Å². The molecule has 0 saturated heterocycles. The Morgan fingerprint density at radius 3 is 2.55 bits per heavy atom. The van der Waals surface area contributed by atoms with Crippen LogP contribution < -0.4 is 0 Å². The van der Waals surface area contributed by atoms with Crippen molar-refractivity contribution in [1.82, 2.24) is 19.7 Å². The smallest absolute Gasteiger partial charge is 0.408 e. The predicted molar refractivity (Wildman–Crippen MR) is 127 cm³/mol. The monoisotopic (exact) mass is 458 g/mol. The zero-order chi connectivity index (χ0) is 21.6. The number of benzene rings is 2. The summed E-state index contributed by atoms with van der Waals surface area (Å²) in [5.41, 5.74) is 1.50. The Morgan fingerprint density at radius 2 is 1.94 bits per heavy atom. The van der Waals surface area contributed by atoms with Crippen molar-refractivity contribution in [1.29, 1.82) is 0 Å². The van der Waals surface area contributed by atoms with Crippen molar-refractivity contribution in [2.45, 2.75) is 39.3 Å². The minimum absolute atomic E-state index is 0. The van der Waals surface area contributed by atoms with E-state index in [0.29, 0.717) is 10.7 Å². The molecule has 6 nitrogen and oxygen atoms in total. The lowest BCUT2D eigenvalue weighted by atomic mass is 9.92. The number of carbonyl (C=O) groups is 1. The highest BCUT2D eigenvalue weighted by atomic mass is 35.5. The van der Waals surface area contributed by atoms with Crippen molar-refractivity contribution in [2.75, 3.05) is 0 Å². The normalized spacial score (nSPS) is 11.7. The molecule has 1 N–H and O–H groups in total. The number of fused-ring (bicyclic) bond motifs is 3. The molecule has 0 fully saturated rings. The Labute approximate surface area is 191 Å². The second-order valence-electron chi connectivity index (χ2n) is 8.10. The first-order valence-corrected chi connectivity index (χ1v) is 10.1. The molecule has 1 amide bonds. The van der Waals surface area contributed by atoms with E-state index in [9.17, 15) is 9.90 Å². The molecular weight excluding hydrogens is 435 g/mol. The summed E-state index contributed by atoms with van der Waals surface area (Å²) in [6.45, 7) is 7.53. The Morgan fingerprint density at radius 1 is 1.19 bits per heavy atom. The molecule has 4 rings (SSSR count). The van der Waals surface area contributed by atoms with Crippen LogP contribution in [0.15, 0.2) is 54.9 Å². The number of nitrogens with zero attached hydrogens (tertiary/aromatic N) is 4. The number of carboxylic acid groups (broad SMARTS) is 1. The van der Waals surface area contributed by atoms with Crippen LogP contribution in [0.4, 0.5) is 4.79 Å². The van der Waals surface area contributed by atoms with Gasteiger partial charge in [0.05, 0.1) is 28.6 Å². The van der Waals surface area contributed by atoms with E-state index in [1.807, 2.05) is 74.8 Å². The average Bonchev–Trinajstić information content (AvgIpc) is 3.08. The van der Waals surface area contributed by atoms with Crippen molar-refractivity contribution < 1.29 is 9.90 Å². The Bertz CT molecular complexity index is 1250. The van der Waals surface area contributed by atoms with Crippen LogP contribution in [0.5, 0.6) is 0 Å². The molecular formula is C23H24Cl2N4O2. The van der Waals surface area contributed by atoms with Crippen molar-refractivity contribution in [3.63, 3.8) is 0 Å². The van der Waals surface area contributed by atoms with Gasteiger partial charge in [-0.25, -0.2) is 9.48 Å². The van der Waals surface area contributed by atoms with Gasteiger partial charge in [-0.1, -0.05) is 23.7 Å². The maximum atomic E-state index is 12.1. The SMILES string of the molecule is CC(C)N(C(=O)O)C(C)(C)c1nn(-c2cccnc2)c2ccc3cc(Cl)ccc3c12.Cl. The van der Waals surface area contributed by atoms with Gasteiger partial charge in [-0.05, 0) is 68.8 Å². The third-order valence-electron chi connectivity index (χ3n) is 5.42. The number of rotatable bonds is 4. The standard InChI is InChI=1S/C23H23ClN4O2.ClH/c1-14(2)27(22(29)30)23(3,4)21-20-18-9-8-16(24)12-15(18)7-10-19(20)28(26-21)17-6-5-11-25-13-17;/h5-14H,1-4H3,(H,29,30);1H. The maximum absolute atomic E-state index is 12.1. The van der Waals surface area contributed by atoms with E-state index < -0.39 is 11.6 Å². The molecule has 0 atom stereocenters. The topological polar surface area (TPSA) is 71.2 Å². The second-order valence-corrected chi connectivity index (χ2v) is 8.54. The van der Waals surface area contributed by atoms with E-state index in [0.717, 1.165) is 27.4 Å². The number of halogens is 2. The fraction of sp³-hybridized carbons (Fsp3) is 0.261. The van der Waals surface area contributed by atoms with E-state index in [4.69, 9.17) is 16.7 Å². The fourth-order valence-corrected chi connectivity index (χ4v) is 4.42. The van der Waals surface area contributed by atoms with Crippen LogP contribution >= 0.6 is 24.0 Å². The first-order chi connectivity index (χ1) is 14.2. The van der Waals surface area contributed by atoms with E-state index in [1.165, 1.54) is 4.90 Å². The van der Waals surface area contributed by atoms with Crippen molar-refractivity contribution in [3.05, 3.63) is 65.6 Å². The molecule has 162 valence electrons. The number of pyridine rings is 1. The highest BCUT2D eigenvalue weighted by Crippen LogP contribution is 2.39. The largest absolute Gasteiger partial charge is 0.465 e. The maximum Gasteiger partial charge on any atom is 0.408 e. The minimum Gasteiger partial charge on any atom is -0.465 e. The summed E-state index contributed by atoms with van der Waals surface area (Å²) in [4.78, 5) is 17.8. The summed E-state index contributed by atoms with van der Waals surface area (Å²) in [6.07, 6.45) is 2.47. The zero-order valence-corrected chi connectivity index (χ0v) is 19.3. The molecule has 0 bridgehead atoms. The van der Waals surface area contributed by atoms with E-state index in [1.54, 1.807) is 12.4 Å². The molecule has 0 unspecified atom stereocenters. The Hall–Kier alpha value is -2.83. The molecule has 4 aromatic rings. The van der Waals surface area contributed by atoms with E-state index in [2.05, 4.69) is 4.98 Å². The summed E-state index contributed by atoms with van der Waals surface area (Å²) in [6, 6.07) is 13.3. The summed E-state index contributed by atoms with van der Waals surface area (Å²) in [5.74, 6) is 0. The van der Waals surface area contributed by atoms with Gasteiger partial charge in [-0.3, -0.25) is 9.88 Å². The molecule has 0 radical (unpaired) electrons. The molecule has 2 aromatic carbocycles. The second kappa shape index (κ2) is 8.36. The Balaban J connectivity index is 0.00000272. The number of hydrogen-bond acceptors (Lipinski definition) is 3. The molecule has 0 aliphatic carbocycles. The van der Waals surface area contributed by atoms with Crippen LogP contribution in [0.25, 0.3) is 27.4 Å². The van der Waals surface area contributed by atoms with Gasteiger partial charge >= 0.3 is 6.09 Å². The van der Waals surface area contributed by atoms with Crippen molar-refractivity contribution >= 4 is 51.8 Å². The molecule has 0 aliphatic heterocycles. The molecule has 31 heavy (non-hydrogen) atoms. The third kappa shape index (κ3) is 3.82. The van der Waals surface area contributed by atoms with E-state index in [-0.39, 0.29) is 18.4 Å². The van der Waals surface area contributed by atoms with Crippen LogP contribution in [-0.4, -0.2) is 36.9 Å². The summed E-state index contributed by atoms with van der Waals surface area (Å²) in [5, 5.41) is 18.4. The van der Waals surface area contributed by atoms with Crippen LogP contribution in [0.2, 0.25) is 5.02 Å². The zero-order valence-electron chi connectivity index (χ0n) is 17.7. The first kappa shape index (κ1) is 22.8. The first-order valence-electron chi connectivity index (χ1n) is 9.76. The number of hydrogen-bond donors (Lipinski definition) is 1. The molecule has 2 aromatic heterocycles. The Kier molecular flexibility index (Phi) is 6.16. The average molecular weight is 459 g/mol. The lowest BCUT2D eigenvalue weighted by molar-refractivity contribution is 0.0692. The third-order valence-corrected chi connectivity index (χ3v) is 5.65. The number of aromatic nitrogens is 3. The van der Waals surface area contributed by atoms with Gasteiger partial charge in [0.25, 0.3) is 0 Å². The van der Waals surface area contributed by atoms with Gasteiger partial charge in [0.1, 0.15) is 0 Å². The van der Waals surface area contributed by atoms with Gasteiger partial charge in [-0.2, -0.15) is 5.10 Å². The fourth-order valence-electron chi connectivity index (χ4n) is 4.24. The molecule has 0 aliphatic rings. The van der Waals surface area contributed by atoms with Gasteiger partial charge in [0.15, 0.2) is 0 Å². The van der Waals surface area contributed by atoms with Gasteiger partial charge in [0, 0.05) is 22.6 Å². The van der Waals surface area contributed by atoms with Crippen LogP contribution in [0, 0.1) is 0 Å². The molecule has 0 saturated carbocycles. The van der Waals surface area contributed by atoms with Crippen LogP contribution in [-0.2, 0) is 5.54 Å². The van der Waals surface area contributed by atoms with E-state index >= 15 is 0 Å². The molecule has 8 heteroatoms. The highest BCUT2D eigenvalue weighted by molar-refractivity contribution is 6.31. The number of amides is 1. The van der Waals surface area contributed by atoms with Gasteiger partial charge in [0.2, 0.25) is 0 Å². The quantitative estimate of drug-likeness (QED) is 0.390. The molecule has 2 heterocycles. The molecule has 0 spiro atoms. The van der Waals surface area contributed by atoms with Crippen molar-refractivity contribution in [3.8, 4) is 5.69 Å². The van der Waals surface area contributed by atoms with Gasteiger partial charge in [-0.15, -0.1) is 12.4 Å². The summed E-state index contributed by atoms with van der Waals surface area (Å²) in [7, 11) is 0. The highest BCUT2D eigenvalue weighted by Gasteiger charge is 2.39. The lowest BCUT2D eigenvalue weighted by Gasteiger charge is -2.38. The predicted octanol–water partition coefficient (Wildman–Crippen LogP) is 6.27. The van der Waals surface area contributed by atoms with Crippen LogP contribution in [0.3, 0.4) is 0 Å². The van der Waals surface area contributed by atoms with Crippen LogP contribution in [0.1, 0.15) is 33.4 Å². The lowest BCUT2D eigenvalue weighted by Crippen LogP contribution is -2.49.